The number of rotatable bonds is 6. The van der Waals surface area contributed by atoms with Crippen LogP contribution >= 0.6 is 11.3 Å². The molecule has 0 spiro atoms. The Labute approximate surface area is 177 Å². The number of anilines is 2. The number of nitrogens with one attached hydrogen (secondary N) is 1. The number of non-ortho nitro benzene ring substituents is 1. The highest BCUT2D eigenvalue weighted by atomic mass is 32.2. The topological polar surface area (TPSA) is 102 Å². The average molecular weight is 446 g/mol. The third-order valence-electron chi connectivity index (χ3n) is 4.94. The van der Waals surface area contributed by atoms with Crippen molar-refractivity contribution in [1.29, 1.82) is 0 Å². The van der Waals surface area contributed by atoms with Gasteiger partial charge in [-0.1, -0.05) is 12.1 Å². The van der Waals surface area contributed by atoms with Gasteiger partial charge >= 0.3 is 0 Å². The van der Waals surface area contributed by atoms with E-state index in [1.165, 1.54) is 29.7 Å². The van der Waals surface area contributed by atoms with E-state index in [0.29, 0.717) is 12.2 Å². The zero-order valence-corrected chi connectivity index (χ0v) is 17.7. The summed E-state index contributed by atoms with van der Waals surface area (Å²) >= 11 is 1.73. The van der Waals surface area contributed by atoms with E-state index in [-0.39, 0.29) is 16.3 Å². The normalized spacial score (nSPS) is 13.6. The number of hydrogen-bond donors (Lipinski definition) is 1. The van der Waals surface area contributed by atoms with E-state index >= 15 is 0 Å². The lowest BCUT2D eigenvalue weighted by Crippen LogP contribution is -2.30. The predicted octanol–water partition coefficient (Wildman–Crippen LogP) is 4.03. The Morgan fingerprint density at radius 2 is 2.00 bits per heavy atom. The summed E-state index contributed by atoms with van der Waals surface area (Å²) < 4.78 is 34.0. The molecule has 0 saturated heterocycles. The Morgan fingerprint density at radius 3 is 2.77 bits per heavy atom. The summed E-state index contributed by atoms with van der Waals surface area (Å²) in [5, 5.41) is 13.2. The van der Waals surface area contributed by atoms with Gasteiger partial charge in [-0.2, -0.15) is 0 Å². The van der Waals surface area contributed by atoms with Crippen LogP contribution in [0.1, 0.15) is 10.4 Å². The number of ether oxygens (including phenoxy) is 1. The number of hydrogen-bond acceptors (Lipinski definition) is 7. The molecule has 0 fully saturated rings. The van der Waals surface area contributed by atoms with Crippen LogP contribution in [0.4, 0.5) is 17.1 Å². The highest BCUT2D eigenvalue weighted by Crippen LogP contribution is 2.35. The number of nitrogens with zero attached hydrogens (tertiary/aromatic N) is 2. The van der Waals surface area contributed by atoms with Crippen LogP contribution in [0.3, 0.4) is 0 Å². The minimum absolute atomic E-state index is 0.0338. The van der Waals surface area contributed by atoms with Crippen LogP contribution in [-0.4, -0.2) is 27.0 Å². The molecule has 0 aliphatic carbocycles. The first-order valence-corrected chi connectivity index (χ1v) is 11.5. The highest BCUT2D eigenvalue weighted by molar-refractivity contribution is 7.92. The largest absolute Gasteiger partial charge is 0.495 e. The third kappa shape index (κ3) is 3.83. The highest BCUT2D eigenvalue weighted by Gasteiger charge is 2.26. The smallest absolute Gasteiger partial charge is 0.271 e. The fraction of sp³-hybridized carbons (Fsp3) is 0.200. The lowest BCUT2D eigenvalue weighted by molar-refractivity contribution is -0.385. The van der Waals surface area contributed by atoms with Crippen molar-refractivity contribution in [2.24, 2.45) is 0 Å². The quantitative estimate of drug-likeness (QED) is 0.454. The Kier molecular flexibility index (Phi) is 5.35. The predicted molar refractivity (Wildman–Crippen MR) is 116 cm³/mol. The number of para-hydroxylation sites is 2. The fourth-order valence-corrected chi connectivity index (χ4v) is 5.63. The second kappa shape index (κ2) is 7.96. The van der Waals surface area contributed by atoms with E-state index in [0.717, 1.165) is 24.7 Å². The molecule has 0 unspecified atom stereocenters. The van der Waals surface area contributed by atoms with Gasteiger partial charge in [0.05, 0.1) is 23.4 Å². The molecular weight excluding hydrogens is 426 g/mol. The van der Waals surface area contributed by atoms with Gasteiger partial charge in [0.1, 0.15) is 10.6 Å². The van der Waals surface area contributed by atoms with Crippen molar-refractivity contribution in [3.63, 3.8) is 0 Å². The standard InChI is InChI=1S/C20H19N3O5S2/c1-28-18-7-6-15(23(24)25)12-20(18)30(26,27)21-16-4-2-3-5-17(16)22-10-8-19-14(13-22)9-11-29-19/h2-7,9,11-12,21H,8,10,13H2,1H3. The molecule has 2 heterocycles. The fourth-order valence-electron chi connectivity index (χ4n) is 3.48. The van der Waals surface area contributed by atoms with Crippen LogP contribution in [0.5, 0.6) is 5.75 Å². The van der Waals surface area contributed by atoms with Crippen LogP contribution in [0.15, 0.2) is 58.8 Å². The minimum atomic E-state index is -4.13. The molecule has 156 valence electrons. The van der Waals surface area contributed by atoms with Crippen molar-refractivity contribution in [2.45, 2.75) is 17.9 Å². The van der Waals surface area contributed by atoms with Crippen LogP contribution in [0, 0.1) is 10.1 Å². The molecule has 2 aromatic carbocycles. The van der Waals surface area contributed by atoms with E-state index in [1.807, 2.05) is 12.1 Å². The van der Waals surface area contributed by atoms with Crippen molar-refractivity contribution >= 4 is 38.4 Å². The zero-order chi connectivity index (χ0) is 21.3. The van der Waals surface area contributed by atoms with Crippen molar-refractivity contribution in [3.8, 4) is 5.75 Å². The maximum Gasteiger partial charge on any atom is 0.271 e. The van der Waals surface area contributed by atoms with Gasteiger partial charge in [-0.25, -0.2) is 8.42 Å². The number of nitro groups is 1. The van der Waals surface area contributed by atoms with Crippen molar-refractivity contribution in [1.82, 2.24) is 0 Å². The van der Waals surface area contributed by atoms with Crippen LogP contribution in [-0.2, 0) is 23.0 Å². The Morgan fingerprint density at radius 1 is 1.20 bits per heavy atom. The van der Waals surface area contributed by atoms with Gasteiger partial charge in [-0.3, -0.25) is 14.8 Å². The van der Waals surface area contributed by atoms with Crippen molar-refractivity contribution in [2.75, 3.05) is 23.3 Å². The molecule has 0 amide bonds. The number of fused-ring (bicyclic) bond motifs is 1. The van der Waals surface area contributed by atoms with Gasteiger partial charge in [0, 0.05) is 30.1 Å². The Bertz CT molecular complexity index is 1210. The Balaban J connectivity index is 1.69. The van der Waals surface area contributed by atoms with Crippen molar-refractivity contribution in [3.05, 3.63) is 74.5 Å². The summed E-state index contributed by atoms with van der Waals surface area (Å²) in [6.45, 7) is 1.46. The SMILES string of the molecule is COc1ccc([N+](=O)[O-])cc1S(=O)(=O)Nc1ccccc1N1CCc2sccc2C1. The number of benzene rings is 2. The lowest BCUT2D eigenvalue weighted by Gasteiger charge is -2.30. The lowest BCUT2D eigenvalue weighted by atomic mass is 10.1. The van der Waals surface area contributed by atoms with Gasteiger partial charge in [0.15, 0.2) is 0 Å². The molecule has 0 bridgehead atoms. The number of nitro benzene ring substituents is 1. The second-order valence-corrected chi connectivity index (χ2v) is 9.41. The molecule has 3 aromatic rings. The average Bonchev–Trinajstić information content (AvgIpc) is 3.21. The zero-order valence-electron chi connectivity index (χ0n) is 16.1. The van der Waals surface area contributed by atoms with Crippen LogP contribution in [0.2, 0.25) is 0 Å². The number of methoxy groups -OCH3 is 1. The molecule has 30 heavy (non-hydrogen) atoms. The Hall–Kier alpha value is -3.11. The van der Waals surface area contributed by atoms with Gasteiger partial charge in [0.2, 0.25) is 0 Å². The summed E-state index contributed by atoms with van der Waals surface area (Å²) in [6, 6.07) is 12.7. The molecule has 0 atom stereocenters. The molecule has 1 aromatic heterocycles. The summed E-state index contributed by atoms with van der Waals surface area (Å²) in [5.74, 6) is 0.0338. The molecule has 1 N–H and O–H groups in total. The van der Waals surface area contributed by atoms with E-state index < -0.39 is 14.9 Å². The molecule has 1 aliphatic rings. The summed E-state index contributed by atoms with van der Waals surface area (Å²) in [6.07, 6.45) is 0.896. The molecule has 0 saturated carbocycles. The number of thiophene rings is 1. The van der Waals surface area contributed by atoms with Gasteiger partial charge in [-0.15, -0.1) is 11.3 Å². The third-order valence-corrected chi connectivity index (χ3v) is 7.35. The maximum absolute atomic E-state index is 13.1. The maximum atomic E-state index is 13.1. The van der Waals surface area contributed by atoms with Crippen LogP contribution in [0.25, 0.3) is 0 Å². The van der Waals surface area contributed by atoms with Gasteiger partial charge in [-0.05, 0) is 41.6 Å². The first kappa shape index (κ1) is 20.2. The summed E-state index contributed by atoms with van der Waals surface area (Å²) in [7, 11) is -2.81. The van der Waals surface area contributed by atoms with E-state index in [9.17, 15) is 18.5 Å². The van der Waals surface area contributed by atoms with E-state index in [2.05, 4.69) is 21.1 Å². The first-order valence-electron chi connectivity index (χ1n) is 9.13. The molecular formula is C20H19N3O5S2. The molecule has 1 aliphatic heterocycles. The molecule has 4 rings (SSSR count). The monoisotopic (exact) mass is 445 g/mol. The molecule has 0 radical (unpaired) electrons. The molecule has 8 nitrogen and oxygen atoms in total. The van der Waals surface area contributed by atoms with Crippen LogP contribution < -0.4 is 14.4 Å². The molecule has 10 heteroatoms. The van der Waals surface area contributed by atoms with Gasteiger partial charge < -0.3 is 9.64 Å². The van der Waals surface area contributed by atoms with Crippen molar-refractivity contribution < 1.29 is 18.1 Å². The minimum Gasteiger partial charge on any atom is -0.495 e. The van der Waals surface area contributed by atoms with Gasteiger partial charge in [0.25, 0.3) is 15.7 Å². The van der Waals surface area contributed by atoms with E-state index in [4.69, 9.17) is 4.74 Å². The summed E-state index contributed by atoms with van der Waals surface area (Å²) in [5.41, 5.74) is 2.07. The summed E-state index contributed by atoms with van der Waals surface area (Å²) in [4.78, 5) is 13.7. The second-order valence-electron chi connectivity index (χ2n) is 6.76. The number of sulfonamides is 1. The first-order chi connectivity index (χ1) is 14.4. The van der Waals surface area contributed by atoms with E-state index in [1.54, 1.807) is 23.5 Å².